The van der Waals surface area contributed by atoms with Gasteiger partial charge < -0.3 is 15.0 Å². The third kappa shape index (κ3) is 2.83. The molecular formula is C16H13N3O3. The number of hydrogen-bond donors (Lipinski definition) is 2. The maximum Gasteiger partial charge on any atom is 0.305 e. The van der Waals surface area contributed by atoms with Crippen LogP contribution in [0, 0.1) is 11.8 Å². The average molecular weight is 295 g/mol. The first kappa shape index (κ1) is 13.9. The predicted octanol–water partition coefficient (Wildman–Crippen LogP) is 1.04. The highest BCUT2D eigenvalue weighted by Crippen LogP contribution is 2.21. The normalized spacial score (nSPS) is 16.2. The van der Waals surface area contributed by atoms with E-state index in [0.29, 0.717) is 23.5 Å². The van der Waals surface area contributed by atoms with Gasteiger partial charge in [0.2, 0.25) is 0 Å². The second kappa shape index (κ2) is 5.74. The smallest absolute Gasteiger partial charge is 0.305 e. The van der Waals surface area contributed by atoms with E-state index in [1.807, 2.05) is 12.1 Å². The zero-order chi connectivity index (χ0) is 15.5. The number of pyridine rings is 1. The molecule has 3 rings (SSSR count). The lowest BCUT2D eigenvalue weighted by Gasteiger charge is -2.24. The summed E-state index contributed by atoms with van der Waals surface area (Å²) in [7, 11) is 0. The SMILES string of the molecule is O=C(O)C[C@@H]1CNC(=O)c2cc(C#Cc3ccccn3)cn21. The van der Waals surface area contributed by atoms with Crippen LogP contribution in [-0.2, 0) is 4.79 Å². The van der Waals surface area contributed by atoms with Crippen LogP contribution in [0.1, 0.15) is 34.2 Å². The minimum Gasteiger partial charge on any atom is -0.481 e. The van der Waals surface area contributed by atoms with E-state index in [-0.39, 0.29) is 18.4 Å². The average Bonchev–Trinajstić information content (AvgIpc) is 2.94. The minimum absolute atomic E-state index is 0.0466. The lowest BCUT2D eigenvalue weighted by molar-refractivity contribution is -0.137. The van der Waals surface area contributed by atoms with Gasteiger partial charge >= 0.3 is 5.97 Å². The largest absolute Gasteiger partial charge is 0.481 e. The van der Waals surface area contributed by atoms with Crippen molar-refractivity contribution in [1.82, 2.24) is 14.9 Å². The summed E-state index contributed by atoms with van der Waals surface area (Å²) in [5.74, 6) is 4.75. The molecule has 2 aromatic rings. The van der Waals surface area contributed by atoms with Crippen molar-refractivity contribution in [3.05, 3.63) is 53.6 Å². The van der Waals surface area contributed by atoms with Crippen LogP contribution in [0.5, 0.6) is 0 Å². The number of carbonyl (C=O) groups excluding carboxylic acids is 1. The lowest BCUT2D eigenvalue weighted by Crippen LogP contribution is -2.39. The van der Waals surface area contributed by atoms with Gasteiger partial charge in [-0.1, -0.05) is 12.0 Å². The van der Waals surface area contributed by atoms with Crippen molar-refractivity contribution in [1.29, 1.82) is 0 Å². The van der Waals surface area contributed by atoms with Crippen LogP contribution in [-0.4, -0.2) is 33.1 Å². The molecule has 0 radical (unpaired) electrons. The lowest BCUT2D eigenvalue weighted by atomic mass is 10.1. The number of carbonyl (C=O) groups is 2. The number of amides is 1. The van der Waals surface area contributed by atoms with E-state index in [1.54, 1.807) is 29.1 Å². The highest BCUT2D eigenvalue weighted by molar-refractivity contribution is 5.94. The molecule has 1 aliphatic heterocycles. The van der Waals surface area contributed by atoms with Gasteiger partial charge in [0, 0.05) is 24.5 Å². The standard InChI is InChI=1S/C16H13N3O3/c20-15(21)8-13-9-18-16(22)14-7-11(10-19(13)14)4-5-12-3-1-2-6-17-12/h1-3,6-7,10,13H,8-9H2,(H,18,22)(H,20,21)/t13-/m1/s1. The number of hydrogen-bond acceptors (Lipinski definition) is 3. The quantitative estimate of drug-likeness (QED) is 0.811. The summed E-state index contributed by atoms with van der Waals surface area (Å²) in [5.41, 5.74) is 1.73. The minimum atomic E-state index is -0.901. The third-order valence-electron chi connectivity index (χ3n) is 3.38. The molecule has 0 fully saturated rings. The summed E-state index contributed by atoms with van der Waals surface area (Å²) < 4.78 is 1.69. The first-order chi connectivity index (χ1) is 10.6. The highest BCUT2D eigenvalue weighted by atomic mass is 16.4. The van der Waals surface area contributed by atoms with E-state index in [1.165, 1.54) is 0 Å². The van der Waals surface area contributed by atoms with Gasteiger partial charge in [0.1, 0.15) is 11.4 Å². The number of carboxylic acids is 1. The van der Waals surface area contributed by atoms with Crippen molar-refractivity contribution in [3.8, 4) is 11.8 Å². The zero-order valence-electron chi connectivity index (χ0n) is 11.6. The molecule has 6 nitrogen and oxygen atoms in total. The number of fused-ring (bicyclic) bond motifs is 1. The summed E-state index contributed by atoms with van der Waals surface area (Å²) in [6.07, 6.45) is 3.33. The van der Waals surface area contributed by atoms with Crippen molar-refractivity contribution in [3.63, 3.8) is 0 Å². The van der Waals surface area contributed by atoms with Crippen LogP contribution in [0.15, 0.2) is 36.7 Å². The third-order valence-corrected chi connectivity index (χ3v) is 3.38. The van der Waals surface area contributed by atoms with Crippen molar-refractivity contribution >= 4 is 11.9 Å². The van der Waals surface area contributed by atoms with Crippen molar-refractivity contribution in [2.24, 2.45) is 0 Å². The molecule has 0 spiro atoms. The van der Waals surface area contributed by atoms with Gasteiger partial charge in [-0.05, 0) is 24.1 Å². The molecule has 6 heteroatoms. The fourth-order valence-corrected chi connectivity index (χ4v) is 2.38. The van der Waals surface area contributed by atoms with Crippen molar-refractivity contribution in [2.45, 2.75) is 12.5 Å². The van der Waals surface area contributed by atoms with E-state index in [2.05, 4.69) is 22.1 Å². The van der Waals surface area contributed by atoms with Crippen LogP contribution >= 0.6 is 0 Å². The molecule has 0 saturated carbocycles. The van der Waals surface area contributed by atoms with Crippen LogP contribution in [0.2, 0.25) is 0 Å². The van der Waals surface area contributed by atoms with Crippen LogP contribution in [0.3, 0.4) is 0 Å². The molecule has 1 aliphatic rings. The Bertz CT molecular complexity index is 784. The molecule has 1 amide bonds. The molecule has 2 aromatic heterocycles. The molecule has 3 heterocycles. The summed E-state index contributed by atoms with van der Waals surface area (Å²) in [4.78, 5) is 26.9. The number of rotatable bonds is 2. The second-order valence-electron chi connectivity index (χ2n) is 4.95. The van der Waals surface area contributed by atoms with Gasteiger partial charge in [-0.15, -0.1) is 0 Å². The van der Waals surface area contributed by atoms with E-state index < -0.39 is 5.97 Å². The maximum atomic E-state index is 11.9. The molecule has 0 aromatic carbocycles. The predicted molar refractivity (Wildman–Crippen MR) is 78.3 cm³/mol. The first-order valence-electron chi connectivity index (χ1n) is 6.78. The molecule has 110 valence electrons. The summed E-state index contributed by atoms with van der Waals surface area (Å²) in [5, 5.41) is 11.7. The first-order valence-corrected chi connectivity index (χ1v) is 6.78. The molecule has 0 unspecified atom stereocenters. The van der Waals surface area contributed by atoms with Crippen LogP contribution < -0.4 is 5.32 Å². The topological polar surface area (TPSA) is 84.2 Å². The Balaban J connectivity index is 1.91. The molecule has 2 N–H and O–H groups in total. The highest BCUT2D eigenvalue weighted by Gasteiger charge is 2.26. The van der Waals surface area contributed by atoms with Crippen LogP contribution in [0.4, 0.5) is 0 Å². The van der Waals surface area contributed by atoms with E-state index >= 15 is 0 Å². The molecule has 22 heavy (non-hydrogen) atoms. The molecule has 1 atom stereocenters. The van der Waals surface area contributed by atoms with Gasteiger partial charge in [0.25, 0.3) is 5.91 Å². The number of nitrogens with zero attached hydrogens (tertiary/aromatic N) is 2. The summed E-state index contributed by atoms with van der Waals surface area (Å²) in [6, 6.07) is 6.82. The Morgan fingerprint density at radius 1 is 1.45 bits per heavy atom. The van der Waals surface area contributed by atoms with Gasteiger partial charge in [-0.25, -0.2) is 4.98 Å². The Hall–Kier alpha value is -3.07. The number of aromatic nitrogens is 2. The zero-order valence-corrected chi connectivity index (χ0v) is 11.6. The van der Waals surface area contributed by atoms with Crippen LogP contribution in [0.25, 0.3) is 0 Å². The summed E-state index contributed by atoms with van der Waals surface area (Å²) in [6.45, 7) is 0.305. The number of aliphatic carboxylic acids is 1. The number of nitrogens with one attached hydrogen (secondary N) is 1. The van der Waals surface area contributed by atoms with Crippen molar-refractivity contribution in [2.75, 3.05) is 6.54 Å². The van der Waals surface area contributed by atoms with E-state index in [0.717, 1.165) is 0 Å². The van der Waals surface area contributed by atoms with Gasteiger partial charge in [0.15, 0.2) is 0 Å². The number of carboxylic acid groups (broad SMARTS) is 1. The van der Waals surface area contributed by atoms with E-state index in [4.69, 9.17) is 5.11 Å². The molecule has 0 bridgehead atoms. The monoisotopic (exact) mass is 295 g/mol. The fourth-order valence-electron chi connectivity index (χ4n) is 2.38. The van der Waals surface area contributed by atoms with Gasteiger partial charge in [-0.3, -0.25) is 9.59 Å². The fraction of sp³-hybridized carbons (Fsp3) is 0.188. The Labute approximate surface area is 126 Å². The maximum absolute atomic E-state index is 11.9. The Morgan fingerprint density at radius 2 is 2.32 bits per heavy atom. The van der Waals surface area contributed by atoms with Gasteiger partial charge in [0.05, 0.1) is 12.5 Å². The second-order valence-corrected chi connectivity index (χ2v) is 4.95. The van der Waals surface area contributed by atoms with Gasteiger partial charge in [-0.2, -0.15) is 0 Å². The molecule has 0 aliphatic carbocycles. The summed E-state index contributed by atoms with van der Waals surface area (Å²) >= 11 is 0. The van der Waals surface area contributed by atoms with E-state index in [9.17, 15) is 9.59 Å². The Morgan fingerprint density at radius 3 is 3.05 bits per heavy atom. The van der Waals surface area contributed by atoms with Crippen molar-refractivity contribution < 1.29 is 14.7 Å². The molecular weight excluding hydrogens is 282 g/mol. The Kier molecular flexibility index (Phi) is 3.62. The molecule has 0 saturated heterocycles.